The van der Waals surface area contributed by atoms with E-state index in [1.54, 1.807) is 12.1 Å². The zero-order chi connectivity index (χ0) is 21.0. The number of likely N-dealkylation sites (tertiary alicyclic amines) is 1. The van der Waals surface area contributed by atoms with E-state index in [1.165, 1.54) is 19.3 Å². The number of nitrogens with zero attached hydrogens (tertiary/aromatic N) is 2. The number of rotatable bonds is 5. The molecular formula is C22H26N4O4. The maximum Gasteiger partial charge on any atom is 0.262 e. The summed E-state index contributed by atoms with van der Waals surface area (Å²) in [6.07, 6.45) is 4.07. The van der Waals surface area contributed by atoms with Crippen LogP contribution in [0.5, 0.6) is 0 Å². The number of carbonyl (C=O) groups is 4. The first kappa shape index (κ1) is 19.4. The summed E-state index contributed by atoms with van der Waals surface area (Å²) in [6, 6.07) is 4.49. The van der Waals surface area contributed by atoms with Crippen molar-refractivity contribution in [3.63, 3.8) is 0 Å². The van der Waals surface area contributed by atoms with Gasteiger partial charge in [0, 0.05) is 32.1 Å². The molecule has 1 saturated carbocycles. The van der Waals surface area contributed by atoms with E-state index >= 15 is 0 Å². The fourth-order valence-electron chi connectivity index (χ4n) is 5.11. The van der Waals surface area contributed by atoms with Gasteiger partial charge in [0.15, 0.2) is 0 Å². The molecule has 0 spiro atoms. The molecule has 3 fully saturated rings. The number of nitrogens with two attached hydrogens (primary N) is 1. The van der Waals surface area contributed by atoms with Gasteiger partial charge < -0.3 is 5.73 Å². The van der Waals surface area contributed by atoms with Gasteiger partial charge in [0.2, 0.25) is 11.8 Å². The highest BCUT2D eigenvalue weighted by atomic mass is 16.2. The predicted molar refractivity (Wildman–Crippen MR) is 107 cm³/mol. The molecule has 1 aromatic carbocycles. The molecular weight excluding hydrogens is 384 g/mol. The molecule has 0 bridgehead atoms. The van der Waals surface area contributed by atoms with Crippen LogP contribution in [0, 0.1) is 11.8 Å². The van der Waals surface area contributed by atoms with Gasteiger partial charge in [-0.3, -0.25) is 34.3 Å². The van der Waals surface area contributed by atoms with Crippen molar-refractivity contribution in [1.82, 2.24) is 15.1 Å². The normalized spacial score (nSPS) is 29.5. The Morgan fingerprint density at radius 1 is 1.03 bits per heavy atom. The second-order valence-corrected chi connectivity index (χ2v) is 9.08. The van der Waals surface area contributed by atoms with Crippen LogP contribution in [0.25, 0.3) is 0 Å². The Balaban J connectivity index is 1.36. The molecule has 158 valence electrons. The number of benzene rings is 1. The maximum atomic E-state index is 13.2. The lowest BCUT2D eigenvalue weighted by atomic mass is 9.98. The van der Waals surface area contributed by atoms with Crippen LogP contribution < -0.4 is 11.1 Å². The molecule has 5 rings (SSSR count). The molecule has 3 atom stereocenters. The summed E-state index contributed by atoms with van der Waals surface area (Å²) < 4.78 is 0. The van der Waals surface area contributed by atoms with Crippen LogP contribution in [0.1, 0.15) is 58.4 Å². The molecule has 8 heteroatoms. The van der Waals surface area contributed by atoms with Gasteiger partial charge in [-0.05, 0) is 36.3 Å². The van der Waals surface area contributed by atoms with Crippen molar-refractivity contribution in [3.8, 4) is 0 Å². The van der Waals surface area contributed by atoms with Gasteiger partial charge in [0.1, 0.15) is 6.04 Å². The van der Waals surface area contributed by atoms with E-state index in [1.807, 2.05) is 6.07 Å². The lowest BCUT2D eigenvalue weighted by molar-refractivity contribution is -0.136. The number of piperidine rings is 1. The molecule has 1 aromatic rings. The number of amides is 4. The molecule has 4 amide bonds. The number of hydrogen-bond acceptors (Lipinski definition) is 6. The van der Waals surface area contributed by atoms with Crippen LogP contribution in [0.4, 0.5) is 0 Å². The minimum atomic E-state index is -0.939. The second-order valence-electron chi connectivity index (χ2n) is 9.08. The van der Waals surface area contributed by atoms with Crippen molar-refractivity contribution < 1.29 is 19.2 Å². The van der Waals surface area contributed by atoms with Crippen molar-refractivity contribution in [1.29, 1.82) is 0 Å². The average molecular weight is 410 g/mol. The Bertz CT molecular complexity index is 941. The van der Waals surface area contributed by atoms with Gasteiger partial charge in [-0.2, -0.15) is 0 Å². The van der Waals surface area contributed by atoms with E-state index in [9.17, 15) is 19.2 Å². The molecule has 1 unspecified atom stereocenters. The Morgan fingerprint density at radius 3 is 2.57 bits per heavy atom. The maximum absolute atomic E-state index is 13.2. The van der Waals surface area contributed by atoms with Crippen molar-refractivity contribution in [2.24, 2.45) is 17.6 Å². The van der Waals surface area contributed by atoms with E-state index in [-0.39, 0.29) is 24.8 Å². The van der Waals surface area contributed by atoms with Crippen LogP contribution in [-0.4, -0.2) is 58.6 Å². The average Bonchev–Trinajstić information content (AvgIpc) is 3.40. The fourth-order valence-corrected chi connectivity index (χ4v) is 5.11. The third-order valence-corrected chi connectivity index (χ3v) is 6.85. The quantitative estimate of drug-likeness (QED) is 0.689. The molecule has 0 radical (unpaired) electrons. The number of imide groups is 2. The number of nitrogens with one attached hydrogen (secondary N) is 1. The molecule has 8 nitrogen and oxygen atoms in total. The van der Waals surface area contributed by atoms with Gasteiger partial charge in [0.05, 0.1) is 11.1 Å². The smallest absolute Gasteiger partial charge is 0.262 e. The molecule has 3 N–H and O–H groups in total. The summed E-state index contributed by atoms with van der Waals surface area (Å²) in [5.41, 5.74) is 7.87. The van der Waals surface area contributed by atoms with E-state index in [0.29, 0.717) is 23.6 Å². The fraction of sp³-hybridized carbons (Fsp3) is 0.545. The van der Waals surface area contributed by atoms with E-state index < -0.39 is 23.8 Å². The second kappa shape index (κ2) is 7.28. The molecule has 0 aromatic heterocycles. The zero-order valence-electron chi connectivity index (χ0n) is 16.8. The molecule has 4 aliphatic rings. The van der Waals surface area contributed by atoms with Crippen molar-refractivity contribution in [2.45, 2.75) is 50.7 Å². The lowest BCUT2D eigenvalue weighted by Gasteiger charge is -2.28. The summed E-state index contributed by atoms with van der Waals surface area (Å²) in [5, 5.41) is 2.23. The van der Waals surface area contributed by atoms with E-state index in [2.05, 4.69) is 10.2 Å². The number of carbonyl (C=O) groups excluding carboxylic acids is 4. The molecule has 1 aliphatic carbocycles. The van der Waals surface area contributed by atoms with Crippen LogP contribution in [0.15, 0.2) is 18.2 Å². The minimum absolute atomic E-state index is 0.116. The summed E-state index contributed by atoms with van der Waals surface area (Å²) in [5.74, 6) is -0.570. The molecule has 2 saturated heterocycles. The van der Waals surface area contributed by atoms with E-state index in [0.717, 1.165) is 29.5 Å². The van der Waals surface area contributed by atoms with Crippen LogP contribution in [0.3, 0.4) is 0 Å². The van der Waals surface area contributed by atoms with E-state index in [4.69, 9.17) is 5.73 Å². The molecule has 30 heavy (non-hydrogen) atoms. The first-order valence-corrected chi connectivity index (χ1v) is 10.7. The largest absolute Gasteiger partial charge is 0.326 e. The topological polar surface area (TPSA) is 113 Å². The monoisotopic (exact) mass is 410 g/mol. The summed E-state index contributed by atoms with van der Waals surface area (Å²) >= 11 is 0. The third-order valence-electron chi connectivity index (χ3n) is 6.85. The lowest BCUT2D eigenvalue weighted by Crippen LogP contribution is -2.54. The Kier molecular flexibility index (Phi) is 4.71. The summed E-state index contributed by atoms with van der Waals surface area (Å²) in [7, 11) is 0. The Hall–Kier alpha value is -2.58. The highest BCUT2D eigenvalue weighted by Crippen LogP contribution is 2.38. The van der Waals surface area contributed by atoms with Crippen molar-refractivity contribution >= 4 is 23.6 Å². The van der Waals surface area contributed by atoms with Gasteiger partial charge in [0.25, 0.3) is 11.8 Å². The highest BCUT2D eigenvalue weighted by Gasteiger charge is 2.45. The van der Waals surface area contributed by atoms with Crippen LogP contribution in [0.2, 0.25) is 0 Å². The first-order chi connectivity index (χ1) is 14.4. The van der Waals surface area contributed by atoms with Crippen molar-refractivity contribution in [2.75, 3.05) is 13.1 Å². The summed E-state index contributed by atoms with van der Waals surface area (Å²) in [4.78, 5) is 53.2. The third kappa shape index (κ3) is 3.33. The first-order valence-electron chi connectivity index (χ1n) is 10.7. The van der Waals surface area contributed by atoms with Gasteiger partial charge in [-0.25, -0.2) is 0 Å². The Labute approximate surface area is 174 Å². The minimum Gasteiger partial charge on any atom is -0.326 e. The number of fused-ring (bicyclic) bond motifs is 1. The van der Waals surface area contributed by atoms with Crippen LogP contribution in [-0.2, 0) is 16.1 Å². The number of hydrogen-bond donors (Lipinski definition) is 2. The Morgan fingerprint density at radius 2 is 1.83 bits per heavy atom. The van der Waals surface area contributed by atoms with Gasteiger partial charge in [-0.1, -0.05) is 25.0 Å². The predicted octanol–water partition coefficient (Wildman–Crippen LogP) is 0.647. The standard InChI is InChI=1S/C22H26N4O4/c23-16-11-25(10-14(16)8-12-4-5-12)9-13-2-1-3-15-19(13)22(30)26(21(15)29)17-6-7-18(27)24-20(17)28/h1-3,12,14,16-17H,4-11,23H2,(H,24,27,28)/t14-,16-,17?/m1/s1. The highest BCUT2D eigenvalue weighted by molar-refractivity contribution is 6.24. The molecule has 3 heterocycles. The van der Waals surface area contributed by atoms with Crippen molar-refractivity contribution in [3.05, 3.63) is 34.9 Å². The van der Waals surface area contributed by atoms with Gasteiger partial charge in [-0.15, -0.1) is 0 Å². The SMILES string of the molecule is N[C@@H]1CN(Cc2cccc3c2C(=O)N(C2CCC(=O)NC2=O)C3=O)C[C@H]1CC1CC1. The summed E-state index contributed by atoms with van der Waals surface area (Å²) in [6.45, 7) is 2.24. The molecule has 3 aliphatic heterocycles. The zero-order valence-corrected chi connectivity index (χ0v) is 16.8. The van der Waals surface area contributed by atoms with Gasteiger partial charge >= 0.3 is 0 Å². The van der Waals surface area contributed by atoms with Crippen LogP contribution >= 0.6 is 0 Å².